The topological polar surface area (TPSA) is 55.4 Å². The highest BCUT2D eigenvalue weighted by atomic mass is 17.1. The smallest absolute Gasteiger partial charge is 0.347 e. The minimum absolute atomic E-state index is 0.694. The first-order chi connectivity index (χ1) is 4.84. The molecule has 4 nitrogen and oxygen atoms in total. The van der Waals surface area contributed by atoms with Gasteiger partial charge in [-0.1, -0.05) is 6.08 Å². The Kier molecular flexibility index (Phi) is 2.20. The summed E-state index contributed by atoms with van der Waals surface area (Å²) in [5.74, 6) is -0.694. The van der Waals surface area contributed by atoms with Crippen LogP contribution < -0.4 is 0 Å². The highest BCUT2D eigenvalue weighted by Gasteiger charge is 2.18. The van der Waals surface area contributed by atoms with Crippen LogP contribution >= 0.6 is 0 Å². The first-order valence-electron chi connectivity index (χ1n) is 2.67. The van der Waals surface area contributed by atoms with Crippen molar-refractivity contribution in [2.45, 2.75) is 6.10 Å². The Morgan fingerprint density at radius 1 is 1.50 bits per heavy atom. The molecule has 1 aliphatic rings. The summed E-state index contributed by atoms with van der Waals surface area (Å²) in [6, 6.07) is 0. The molecule has 0 bridgehead atoms. The average Bonchev–Trinajstić information content (AvgIpc) is 2.13. The molecular weight excluding hydrogens is 136 g/mol. The van der Waals surface area contributed by atoms with Gasteiger partial charge in [0, 0.05) is 0 Å². The van der Waals surface area contributed by atoms with Gasteiger partial charge in [-0.15, -0.1) is 0 Å². The van der Waals surface area contributed by atoms with Crippen LogP contribution in [0.25, 0.3) is 0 Å². The van der Waals surface area contributed by atoms with Crippen molar-refractivity contribution >= 4 is 5.97 Å². The molecule has 0 amide bonds. The van der Waals surface area contributed by atoms with Crippen molar-refractivity contribution in [2.75, 3.05) is 0 Å². The van der Waals surface area contributed by atoms with E-state index in [0.717, 1.165) is 0 Å². The first-order valence-corrected chi connectivity index (χ1v) is 2.67. The van der Waals surface area contributed by atoms with Crippen LogP contribution in [0.15, 0.2) is 24.5 Å². The number of ether oxygens (including phenoxy) is 1. The predicted octanol–water partition coefficient (Wildman–Crippen LogP) is 0.344. The van der Waals surface area contributed by atoms with Gasteiger partial charge in [-0.3, -0.25) is 0 Å². The Balaban J connectivity index is 2.66. The molecule has 0 aromatic carbocycles. The van der Waals surface area contributed by atoms with E-state index in [1.807, 2.05) is 0 Å². The molecule has 0 spiro atoms. The van der Waals surface area contributed by atoms with E-state index in [1.165, 1.54) is 24.5 Å². The molecule has 0 saturated heterocycles. The van der Waals surface area contributed by atoms with Crippen LogP contribution in [0.1, 0.15) is 0 Å². The molecule has 10 heavy (non-hydrogen) atoms. The molecule has 0 saturated carbocycles. The van der Waals surface area contributed by atoms with E-state index in [9.17, 15) is 10.1 Å². The summed E-state index contributed by atoms with van der Waals surface area (Å²) in [5.41, 5.74) is 0. The largest absolute Gasteiger partial charge is 0.432 e. The SMILES string of the molecule is [O]OC1C=CC=COC1=O. The fraction of sp³-hybridized carbons (Fsp3) is 0.167. The Bertz CT molecular complexity index is 182. The standard InChI is InChI=1S/C6H5O4/c7-6-5(10-8)3-1-2-4-9-6/h1-5H. The van der Waals surface area contributed by atoms with E-state index in [1.54, 1.807) is 0 Å². The molecule has 0 aliphatic carbocycles. The second-order valence-electron chi connectivity index (χ2n) is 1.67. The minimum Gasteiger partial charge on any atom is -0.432 e. The van der Waals surface area contributed by atoms with Crippen LogP contribution in [0.3, 0.4) is 0 Å². The lowest BCUT2D eigenvalue weighted by Crippen LogP contribution is -2.20. The number of esters is 1. The van der Waals surface area contributed by atoms with Gasteiger partial charge >= 0.3 is 5.97 Å². The Morgan fingerprint density at radius 2 is 2.30 bits per heavy atom. The van der Waals surface area contributed by atoms with E-state index in [-0.39, 0.29) is 0 Å². The lowest BCUT2D eigenvalue weighted by molar-refractivity contribution is -0.319. The van der Waals surface area contributed by atoms with Crippen LogP contribution in [0.5, 0.6) is 0 Å². The van der Waals surface area contributed by atoms with Crippen LogP contribution in [0.4, 0.5) is 0 Å². The maximum absolute atomic E-state index is 10.6. The number of hydrogen-bond donors (Lipinski definition) is 0. The van der Waals surface area contributed by atoms with Gasteiger partial charge in [-0.25, -0.2) is 4.79 Å². The molecule has 4 heteroatoms. The number of carbonyl (C=O) groups excluding carboxylic acids is 1. The maximum Gasteiger partial charge on any atom is 0.347 e. The molecule has 0 aromatic rings. The van der Waals surface area contributed by atoms with Gasteiger partial charge in [0.25, 0.3) is 0 Å². The second-order valence-corrected chi connectivity index (χ2v) is 1.67. The lowest BCUT2D eigenvalue weighted by Gasteiger charge is -2.00. The monoisotopic (exact) mass is 141 g/mol. The third-order valence-electron chi connectivity index (χ3n) is 0.996. The van der Waals surface area contributed by atoms with E-state index in [4.69, 9.17) is 0 Å². The normalized spacial score (nSPS) is 24.1. The van der Waals surface area contributed by atoms with E-state index < -0.39 is 12.1 Å². The first kappa shape index (κ1) is 6.98. The van der Waals surface area contributed by atoms with Gasteiger partial charge in [-0.2, -0.15) is 4.89 Å². The zero-order valence-corrected chi connectivity index (χ0v) is 5.02. The summed E-state index contributed by atoms with van der Waals surface area (Å²) in [6.45, 7) is 0. The van der Waals surface area contributed by atoms with Crippen molar-refractivity contribution in [1.82, 2.24) is 0 Å². The van der Waals surface area contributed by atoms with E-state index in [0.29, 0.717) is 0 Å². The third kappa shape index (κ3) is 1.43. The van der Waals surface area contributed by atoms with Crippen LogP contribution in [-0.2, 0) is 19.7 Å². The highest BCUT2D eigenvalue weighted by Crippen LogP contribution is 2.01. The number of allylic oxidation sites excluding steroid dienone is 2. The van der Waals surface area contributed by atoms with Gasteiger partial charge in [0.2, 0.25) is 6.10 Å². The van der Waals surface area contributed by atoms with Crippen molar-refractivity contribution in [2.24, 2.45) is 0 Å². The molecule has 0 N–H and O–H groups in total. The van der Waals surface area contributed by atoms with Crippen molar-refractivity contribution in [1.29, 1.82) is 0 Å². The van der Waals surface area contributed by atoms with Gasteiger partial charge in [0.05, 0.1) is 6.26 Å². The lowest BCUT2D eigenvalue weighted by atomic mass is 10.3. The summed E-state index contributed by atoms with van der Waals surface area (Å²) in [5, 5.41) is 9.77. The van der Waals surface area contributed by atoms with Crippen molar-refractivity contribution in [3.63, 3.8) is 0 Å². The van der Waals surface area contributed by atoms with Gasteiger partial charge in [0.1, 0.15) is 0 Å². The zero-order valence-electron chi connectivity index (χ0n) is 5.02. The van der Waals surface area contributed by atoms with E-state index in [2.05, 4.69) is 9.62 Å². The van der Waals surface area contributed by atoms with Crippen LogP contribution in [0.2, 0.25) is 0 Å². The van der Waals surface area contributed by atoms with Gasteiger partial charge in [-0.05, 0) is 17.4 Å². The van der Waals surface area contributed by atoms with Crippen LogP contribution in [-0.4, -0.2) is 12.1 Å². The quantitative estimate of drug-likeness (QED) is 0.300. The van der Waals surface area contributed by atoms with Gasteiger partial charge in [0.15, 0.2) is 0 Å². The Labute approximate surface area is 57.3 Å². The molecule has 1 aliphatic heterocycles. The maximum atomic E-state index is 10.6. The molecule has 0 aromatic heterocycles. The molecule has 0 fully saturated rings. The average molecular weight is 141 g/mol. The van der Waals surface area contributed by atoms with Crippen molar-refractivity contribution in [3.8, 4) is 0 Å². The fourth-order valence-electron chi connectivity index (χ4n) is 0.534. The fourth-order valence-corrected chi connectivity index (χ4v) is 0.534. The molecular formula is C6H5O4. The molecule has 1 rings (SSSR count). The van der Waals surface area contributed by atoms with Gasteiger partial charge < -0.3 is 4.74 Å². The minimum atomic E-state index is -1.12. The van der Waals surface area contributed by atoms with Crippen LogP contribution in [0, 0.1) is 0 Å². The Hall–Kier alpha value is -1.13. The number of hydrogen-bond acceptors (Lipinski definition) is 3. The summed E-state index contributed by atoms with van der Waals surface area (Å²) in [6.07, 6.45) is 4.40. The highest BCUT2D eigenvalue weighted by molar-refractivity contribution is 5.77. The zero-order chi connectivity index (χ0) is 7.40. The summed E-state index contributed by atoms with van der Waals surface area (Å²) in [4.78, 5) is 14.1. The number of rotatable bonds is 1. The summed E-state index contributed by atoms with van der Waals surface area (Å²) < 4.78 is 4.40. The molecule has 1 atom stereocenters. The predicted molar refractivity (Wildman–Crippen MR) is 29.9 cm³/mol. The molecule has 1 heterocycles. The van der Waals surface area contributed by atoms with Crippen molar-refractivity contribution in [3.05, 3.63) is 24.5 Å². The Morgan fingerprint density at radius 3 is 3.00 bits per heavy atom. The van der Waals surface area contributed by atoms with Crippen molar-refractivity contribution < 1.29 is 19.7 Å². The molecule has 53 valence electrons. The number of carbonyl (C=O) groups is 1. The molecule has 1 radical (unpaired) electrons. The summed E-state index contributed by atoms with van der Waals surface area (Å²) >= 11 is 0. The molecule has 1 unspecified atom stereocenters. The summed E-state index contributed by atoms with van der Waals surface area (Å²) in [7, 11) is 0. The second kappa shape index (κ2) is 3.14. The third-order valence-corrected chi connectivity index (χ3v) is 0.996. The number of cyclic esters (lactones) is 1. The van der Waals surface area contributed by atoms with E-state index >= 15 is 0 Å².